The summed E-state index contributed by atoms with van der Waals surface area (Å²) in [6.45, 7) is 3.71. The van der Waals surface area contributed by atoms with Gasteiger partial charge in [0.25, 0.3) is 0 Å². The summed E-state index contributed by atoms with van der Waals surface area (Å²) in [7, 11) is -3.43. The monoisotopic (exact) mass is 494 g/mol. The van der Waals surface area contributed by atoms with E-state index in [2.05, 4.69) is 10.3 Å². The van der Waals surface area contributed by atoms with Crippen molar-refractivity contribution in [3.63, 3.8) is 0 Å². The number of halogens is 3. The van der Waals surface area contributed by atoms with Crippen LogP contribution in [0.5, 0.6) is 17.2 Å². The van der Waals surface area contributed by atoms with Crippen LogP contribution < -0.4 is 10.1 Å². The van der Waals surface area contributed by atoms with Crippen LogP contribution in [0.15, 0.2) is 18.2 Å². The van der Waals surface area contributed by atoms with Gasteiger partial charge in [-0.05, 0) is 30.5 Å². The van der Waals surface area contributed by atoms with Crippen molar-refractivity contribution in [2.24, 2.45) is 0 Å². The minimum absolute atomic E-state index is 0.0351. The van der Waals surface area contributed by atoms with Crippen LogP contribution >= 0.6 is 23.2 Å². The smallest absolute Gasteiger partial charge is 0.326 e. The molecule has 0 saturated heterocycles. The van der Waals surface area contributed by atoms with Gasteiger partial charge in [-0.2, -0.15) is 9.37 Å². The molecular weight excluding hydrogens is 474 g/mol. The molecule has 1 atom stereocenters. The average molecular weight is 495 g/mol. The zero-order chi connectivity index (χ0) is 23.5. The summed E-state index contributed by atoms with van der Waals surface area (Å²) in [4.78, 5) is 15.0. The fourth-order valence-electron chi connectivity index (χ4n) is 2.61. The summed E-state index contributed by atoms with van der Waals surface area (Å²) in [5, 5.41) is 20.9. The highest BCUT2D eigenvalue weighted by Gasteiger charge is 2.25. The minimum Gasteiger partial charge on any atom is -0.508 e. The first kappa shape index (κ1) is 25.0. The molecule has 0 saturated carbocycles. The Morgan fingerprint density at radius 2 is 1.94 bits per heavy atom. The van der Waals surface area contributed by atoms with Crippen molar-refractivity contribution in [1.29, 1.82) is 0 Å². The summed E-state index contributed by atoms with van der Waals surface area (Å²) in [5.41, 5.74) is 0.573. The molecule has 0 fully saturated rings. The summed E-state index contributed by atoms with van der Waals surface area (Å²) < 4.78 is 42.7. The molecule has 1 aromatic carbocycles. The number of aliphatic carboxylic acids is 1. The van der Waals surface area contributed by atoms with Gasteiger partial charge in [-0.25, -0.2) is 13.2 Å². The van der Waals surface area contributed by atoms with Gasteiger partial charge >= 0.3 is 5.97 Å². The normalized spacial score (nSPS) is 12.6. The van der Waals surface area contributed by atoms with E-state index in [1.54, 1.807) is 0 Å². The fourth-order valence-corrected chi connectivity index (χ4v) is 3.73. The zero-order valence-electron chi connectivity index (χ0n) is 16.8. The maximum atomic E-state index is 14.3. The lowest BCUT2D eigenvalue weighted by Crippen LogP contribution is -2.32. The molecule has 2 rings (SSSR count). The number of phenols is 1. The number of anilines is 1. The van der Waals surface area contributed by atoms with E-state index in [-0.39, 0.29) is 40.4 Å². The summed E-state index contributed by atoms with van der Waals surface area (Å²) >= 11 is 12.2. The molecule has 0 radical (unpaired) electrons. The van der Waals surface area contributed by atoms with Crippen molar-refractivity contribution in [3.05, 3.63) is 39.8 Å². The summed E-state index contributed by atoms with van der Waals surface area (Å²) in [5.74, 6) is -3.43. The molecule has 0 aliphatic carbocycles. The van der Waals surface area contributed by atoms with Gasteiger partial charge in [0.1, 0.15) is 37.4 Å². The lowest BCUT2D eigenvalue weighted by molar-refractivity contribution is -0.137. The topological polar surface area (TPSA) is 126 Å². The number of sulfone groups is 1. The lowest BCUT2D eigenvalue weighted by atomic mass is 10.0. The van der Waals surface area contributed by atoms with E-state index >= 15 is 0 Å². The van der Waals surface area contributed by atoms with Crippen LogP contribution in [-0.4, -0.2) is 47.6 Å². The van der Waals surface area contributed by atoms with Gasteiger partial charge in [0.15, 0.2) is 11.6 Å². The number of carbonyl (C=O) groups is 1. The van der Waals surface area contributed by atoms with Gasteiger partial charge in [0.2, 0.25) is 5.95 Å². The number of carboxylic acids is 1. The number of hydrogen-bond donors (Lipinski definition) is 3. The third-order valence-electron chi connectivity index (χ3n) is 4.22. The Kier molecular flexibility index (Phi) is 7.96. The van der Waals surface area contributed by atoms with Gasteiger partial charge in [-0.1, -0.05) is 37.0 Å². The standard InChI is InChI=1S/C19H21Cl2FN2O6S/c1-9(2)11-8-10(4-5-13(11)25)30-16-14(20)17(22)24-18(15(16)21)23-12(19(26)27)6-7-31(3,28)29/h4-5,8-9,12,25H,6-7H2,1-3H3,(H,23,24)(H,26,27)/t12-/m0/s1. The zero-order valence-corrected chi connectivity index (χ0v) is 19.1. The molecule has 0 aliphatic rings. The molecule has 8 nitrogen and oxygen atoms in total. The average Bonchev–Trinajstić information content (AvgIpc) is 2.66. The molecule has 1 aromatic heterocycles. The van der Waals surface area contributed by atoms with Crippen LogP contribution in [0.3, 0.4) is 0 Å². The lowest BCUT2D eigenvalue weighted by Gasteiger charge is -2.18. The SMILES string of the molecule is CC(C)c1cc(Oc2c(Cl)c(F)nc(N[C@@H](CCS(C)(=O)=O)C(=O)O)c2Cl)ccc1O. The highest BCUT2D eigenvalue weighted by atomic mass is 35.5. The number of ether oxygens (including phenoxy) is 1. The number of pyridine rings is 1. The van der Waals surface area contributed by atoms with Crippen LogP contribution in [0.25, 0.3) is 0 Å². The van der Waals surface area contributed by atoms with E-state index in [1.807, 2.05) is 13.8 Å². The molecule has 0 unspecified atom stereocenters. The maximum Gasteiger partial charge on any atom is 0.326 e. The van der Waals surface area contributed by atoms with Crippen molar-refractivity contribution in [3.8, 4) is 17.2 Å². The third kappa shape index (κ3) is 6.59. The second kappa shape index (κ2) is 9.88. The van der Waals surface area contributed by atoms with E-state index in [4.69, 9.17) is 27.9 Å². The summed E-state index contributed by atoms with van der Waals surface area (Å²) in [6.07, 6.45) is 0.663. The Morgan fingerprint density at radius 1 is 1.29 bits per heavy atom. The molecule has 12 heteroatoms. The molecule has 0 spiro atoms. The number of hydrogen-bond acceptors (Lipinski definition) is 7. The number of carboxylic acid groups (broad SMARTS) is 1. The van der Waals surface area contributed by atoms with E-state index in [9.17, 15) is 27.8 Å². The Labute approximate surface area is 188 Å². The van der Waals surface area contributed by atoms with Gasteiger partial charge < -0.3 is 20.3 Å². The van der Waals surface area contributed by atoms with Crippen LogP contribution in [0.1, 0.15) is 31.7 Å². The predicted octanol–water partition coefficient (Wildman–Crippen LogP) is 4.45. The number of nitrogens with zero attached hydrogens (tertiary/aromatic N) is 1. The first-order valence-electron chi connectivity index (χ1n) is 9.02. The Morgan fingerprint density at radius 3 is 2.48 bits per heavy atom. The molecule has 3 N–H and O–H groups in total. The highest BCUT2D eigenvalue weighted by Crippen LogP contribution is 2.42. The highest BCUT2D eigenvalue weighted by molar-refractivity contribution is 7.90. The molecule has 0 amide bonds. The Balaban J connectivity index is 2.41. The first-order chi connectivity index (χ1) is 14.3. The van der Waals surface area contributed by atoms with Crippen LogP contribution in [0.4, 0.5) is 10.2 Å². The molecule has 1 heterocycles. The molecule has 2 aromatic rings. The molecule has 0 bridgehead atoms. The van der Waals surface area contributed by atoms with Crippen molar-refractivity contribution in [1.82, 2.24) is 4.98 Å². The second-order valence-electron chi connectivity index (χ2n) is 7.14. The van der Waals surface area contributed by atoms with Gasteiger partial charge in [-0.15, -0.1) is 0 Å². The van der Waals surface area contributed by atoms with Crippen molar-refractivity contribution in [2.75, 3.05) is 17.3 Å². The van der Waals surface area contributed by atoms with E-state index < -0.39 is 38.6 Å². The number of rotatable bonds is 9. The van der Waals surface area contributed by atoms with Crippen LogP contribution in [-0.2, 0) is 14.6 Å². The molecule has 31 heavy (non-hydrogen) atoms. The van der Waals surface area contributed by atoms with Crippen LogP contribution in [0.2, 0.25) is 10.0 Å². The number of benzene rings is 1. The molecule has 0 aliphatic heterocycles. The summed E-state index contributed by atoms with van der Waals surface area (Å²) in [6, 6.07) is 2.94. The van der Waals surface area contributed by atoms with Gasteiger partial charge in [0.05, 0.1) is 5.75 Å². The quantitative estimate of drug-likeness (QED) is 0.436. The van der Waals surface area contributed by atoms with E-state index in [1.165, 1.54) is 18.2 Å². The van der Waals surface area contributed by atoms with Crippen molar-refractivity contribution in [2.45, 2.75) is 32.2 Å². The number of aromatic hydroxyl groups is 1. The van der Waals surface area contributed by atoms with Crippen LogP contribution in [0, 0.1) is 5.95 Å². The number of phenolic OH excluding ortho intramolecular Hbond substituents is 1. The fraction of sp³-hybridized carbons (Fsp3) is 0.368. The number of aromatic nitrogens is 1. The molecular formula is C19H21Cl2FN2O6S. The minimum atomic E-state index is -3.43. The predicted molar refractivity (Wildman–Crippen MR) is 116 cm³/mol. The van der Waals surface area contributed by atoms with E-state index in [0.717, 1.165) is 6.26 Å². The Hall–Kier alpha value is -2.30. The largest absolute Gasteiger partial charge is 0.508 e. The van der Waals surface area contributed by atoms with E-state index in [0.29, 0.717) is 5.56 Å². The third-order valence-corrected chi connectivity index (χ3v) is 5.88. The molecule has 170 valence electrons. The van der Waals surface area contributed by atoms with Gasteiger partial charge in [-0.3, -0.25) is 0 Å². The van der Waals surface area contributed by atoms with Gasteiger partial charge in [0, 0.05) is 11.8 Å². The number of nitrogens with one attached hydrogen (secondary N) is 1. The Bertz CT molecular complexity index is 1100. The van der Waals surface area contributed by atoms with Crippen molar-refractivity contribution < 1.29 is 32.6 Å². The maximum absolute atomic E-state index is 14.3. The second-order valence-corrected chi connectivity index (χ2v) is 10.2. The van der Waals surface area contributed by atoms with Crippen molar-refractivity contribution >= 4 is 44.8 Å². The first-order valence-corrected chi connectivity index (χ1v) is 11.8.